The lowest BCUT2D eigenvalue weighted by molar-refractivity contribution is 0.102. The lowest BCUT2D eigenvalue weighted by Gasteiger charge is -2.05. The number of carbonyl (C=O) groups excluding carboxylic acids is 1. The summed E-state index contributed by atoms with van der Waals surface area (Å²) in [7, 11) is 1.93. The van der Waals surface area contributed by atoms with E-state index in [4.69, 9.17) is 4.74 Å². The van der Waals surface area contributed by atoms with Crippen LogP contribution in [0.15, 0.2) is 47.6 Å². The third kappa shape index (κ3) is 3.24. The Kier molecular flexibility index (Phi) is 4.51. The minimum Gasteiger partial charge on any atom is -0.493 e. The summed E-state index contributed by atoms with van der Waals surface area (Å²) in [6, 6.07) is 13.8. The number of hydrogen-bond acceptors (Lipinski definition) is 5. The van der Waals surface area contributed by atoms with Gasteiger partial charge in [0.1, 0.15) is 5.75 Å². The standard InChI is InChI=1S/C20H19N3O2S/c1-13-4-3-5-16(10-13)19-21-22-20(23(19)2)26-12-17(24)14-6-7-18-15(11-14)8-9-25-18/h3-7,10-11H,8-9,12H2,1-2H3. The number of benzene rings is 2. The molecule has 0 spiro atoms. The summed E-state index contributed by atoms with van der Waals surface area (Å²) in [5.74, 6) is 2.12. The van der Waals surface area contributed by atoms with Crippen molar-refractivity contribution in [2.45, 2.75) is 18.5 Å². The normalized spacial score (nSPS) is 12.7. The highest BCUT2D eigenvalue weighted by atomic mass is 32.2. The maximum Gasteiger partial charge on any atom is 0.191 e. The Morgan fingerprint density at radius 3 is 2.96 bits per heavy atom. The SMILES string of the molecule is Cc1cccc(-c2nnc(SCC(=O)c3ccc4c(c3)CCO4)n2C)c1. The molecule has 4 rings (SSSR count). The molecule has 0 amide bonds. The van der Waals surface area contributed by atoms with E-state index in [1.54, 1.807) is 0 Å². The molecule has 1 aliphatic rings. The Labute approximate surface area is 156 Å². The van der Waals surface area contributed by atoms with E-state index in [0.29, 0.717) is 12.4 Å². The van der Waals surface area contributed by atoms with Gasteiger partial charge >= 0.3 is 0 Å². The van der Waals surface area contributed by atoms with E-state index >= 15 is 0 Å². The van der Waals surface area contributed by atoms with Crippen molar-refractivity contribution in [2.75, 3.05) is 12.4 Å². The van der Waals surface area contributed by atoms with Crippen LogP contribution < -0.4 is 4.74 Å². The minimum absolute atomic E-state index is 0.0878. The number of Topliss-reactive ketones (excluding diaryl/α,β-unsaturated/α-hetero) is 1. The van der Waals surface area contributed by atoms with E-state index in [0.717, 1.165) is 39.8 Å². The molecule has 0 radical (unpaired) electrons. The van der Waals surface area contributed by atoms with E-state index in [9.17, 15) is 4.79 Å². The highest BCUT2D eigenvalue weighted by Crippen LogP contribution is 2.27. The van der Waals surface area contributed by atoms with Gasteiger partial charge < -0.3 is 9.30 Å². The van der Waals surface area contributed by atoms with Gasteiger partial charge in [-0.2, -0.15) is 0 Å². The molecule has 2 heterocycles. The predicted molar refractivity (Wildman–Crippen MR) is 102 cm³/mol. The Morgan fingerprint density at radius 2 is 2.12 bits per heavy atom. The maximum absolute atomic E-state index is 12.5. The maximum atomic E-state index is 12.5. The number of aryl methyl sites for hydroxylation is 1. The fourth-order valence-corrected chi connectivity index (χ4v) is 3.86. The zero-order chi connectivity index (χ0) is 18.1. The molecule has 0 bridgehead atoms. The van der Waals surface area contributed by atoms with Crippen LogP contribution in [0.1, 0.15) is 21.5 Å². The average Bonchev–Trinajstić information content (AvgIpc) is 3.25. The predicted octanol–water partition coefficient (Wildman–Crippen LogP) is 3.70. The molecule has 0 atom stereocenters. The Bertz CT molecular complexity index is 981. The molecule has 0 unspecified atom stereocenters. The van der Waals surface area contributed by atoms with Gasteiger partial charge in [-0.05, 0) is 36.8 Å². The van der Waals surface area contributed by atoms with Gasteiger partial charge in [-0.1, -0.05) is 35.5 Å². The largest absolute Gasteiger partial charge is 0.493 e. The molecule has 0 aliphatic carbocycles. The lowest BCUT2D eigenvalue weighted by atomic mass is 10.1. The number of ether oxygens (including phenoxy) is 1. The van der Waals surface area contributed by atoms with Gasteiger partial charge in [0.15, 0.2) is 16.8 Å². The van der Waals surface area contributed by atoms with E-state index in [2.05, 4.69) is 29.3 Å². The van der Waals surface area contributed by atoms with Crippen LogP contribution in [0, 0.1) is 6.92 Å². The van der Waals surface area contributed by atoms with Crippen molar-refractivity contribution in [2.24, 2.45) is 7.05 Å². The number of rotatable bonds is 5. The van der Waals surface area contributed by atoms with E-state index < -0.39 is 0 Å². The number of thioether (sulfide) groups is 1. The minimum atomic E-state index is 0.0878. The molecule has 0 saturated heterocycles. The molecular weight excluding hydrogens is 346 g/mol. The summed E-state index contributed by atoms with van der Waals surface area (Å²) < 4.78 is 7.43. The molecule has 3 aromatic rings. The van der Waals surface area contributed by atoms with Gasteiger partial charge in [0.25, 0.3) is 0 Å². The van der Waals surface area contributed by atoms with Crippen LogP contribution in [0.5, 0.6) is 5.75 Å². The van der Waals surface area contributed by atoms with Crippen LogP contribution in [0.4, 0.5) is 0 Å². The van der Waals surface area contributed by atoms with Crippen molar-refractivity contribution in [3.63, 3.8) is 0 Å². The number of aromatic nitrogens is 3. The Hall–Kier alpha value is -2.60. The number of carbonyl (C=O) groups is 1. The first-order valence-electron chi connectivity index (χ1n) is 8.50. The second kappa shape index (κ2) is 6.96. The van der Waals surface area contributed by atoms with Gasteiger partial charge in [-0.15, -0.1) is 10.2 Å². The molecule has 1 aliphatic heterocycles. The van der Waals surface area contributed by atoms with Crippen molar-refractivity contribution in [1.29, 1.82) is 0 Å². The smallest absolute Gasteiger partial charge is 0.191 e. The molecule has 0 fully saturated rings. The van der Waals surface area contributed by atoms with Crippen molar-refractivity contribution in [1.82, 2.24) is 14.8 Å². The quantitative estimate of drug-likeness (QED) is 0.510. The monoisotopic (exact) mass is 365 g/mol. The molecule has 5 nitrogen and oxygen atoms in total. The van der Waals surface area contributed by atoms with Gasteiger partial charge in [-0.3, -0.25) is 4.79 Å². The molecule has 0 saturated carbocycles. The Balaban J connectivity index is 1.47. The van der Waals surface area contributed by atoms with Crippen molar-refractivity contribution in [3.8, 4) is 17.1 Å². The van der Waals surface area contributed by atoms with E-state index in [1.165, 1.54) is 17.3 Å². The molecular formula is C20H19N3O2S. The molecule has 26 heavy (non-hydrogen) atoms. The molecule has 0 N–H and O–H groups in total. The van der Waals surface area contributed by atoms with Gasteiger partial charge in [0.05, 0.1) is 12.4 Å². The number of fused-ring (bicyclic) bond motifs is 1. The number of hydrogen-bond donors (Lipinski definition) is 0. The van der Waals surface area contributed by atoms with Crippen LogP contribution >= 0.6 is 11.8 Å². The van der Waals surface area contributed by atoms with Crippen molar-refractivity contribution in [3.05, 3.63) is 59.2 Å². The topological polar surface area (TPSA) is 57.0 Å². The third-order valence-corrected chi connectivity index (χ3v) is 5.48. The fraction of sp³-hybridized carbons (Fsp3) is 0.250. The van der Waals surface area contributed by atoms with Gasteiger partial charge in [-0.25, -0.2) is 0 Å². The summed E-state index contributed by atoms with van der Waals surface area (Å²) in [4.78, 5) is 12.5. The molecule has 6 heteroatoms. The lowest BCUT2D eigenvalue weighted by Crippen LogP contribution is -2.04. The average molecular weight is 365 g/mol. The van der Waals surface area contributed by atoms with Crippen LogP contribution in [-0.2, 0) is 13.5 Å². The molecule has 132 valence electrons. The summed E-state index contributed by atoms with van der Waals surface area (Å²) in [5, 5.41) is 9.27. The first-order valence-corrected chi connectivity index (χ1v) is 9.48. The fourth-order valence-electron chi connectivity index (χ4n) is 3.05. The van der Waals surface area contributed by atoms with E-state index in [-0.39, 0.29) is 5.78 Å². The van der Waals surface area contributed by atoms with Crippen LogP contribution in [-0.4, -0.2) is 32.9 Å². The van der Waals surface area contributed by atoms with Crippen molar-refractivity contribution >= 4 is 17.5 Å². The number of nitrogens with zero attached hydrogens (tertiary/aromatic N) is 3. The third-order valence-electron chi connectivity index (χ3n) is 4.45. The molecule has 2 aromatic carbocycles. The summed E-state index contributed by atoms with van der Waals surface area (Å²) >= 11 is 1.41. The summed E-state index contributed by atoms with van der Waals surface area (Å²) in [6.45, 7) is 2.75. The van der Waals surface area contributed by atoms with Crippen molar-refractivity contribution < 1.29 is 9.53 Å². The highest BCUT2D eigenvalue weighted by Gasteiger charge is 2.17. The summed E-state index contributed by atoms with van der Waals surface area (Å²) in [6.07, 6.45) is 0.868. The van der Waals surface area contributed by atoms with Gasteiger partial charge in [0.2, 0.25) is 0 Å². The van der Waals surface area contributed by atoms with Gasteiger partial charge in [0, 0.05) is 24.6 Å². The Morgan fingerprint density at radius 1 is 1.23 bits per heavy atom. The van der Waals surface area contributed by atoms with Crippen LogP contribution in [0.3, 0.4) is 0 Å². The van der Waals surface area contributed by atoms with Crippen LogP contribution in [0.25, 0.3) is 11.4 Å². The molecule has 1 aromatic heterocycles. The van der Waals surface area contributed by atoms with Crippen LogP contribution in [0.2, 0.25) is 0 Å². The second-order valence-corrected chi connectivity index (χ2v) is 7.31. The second-order valence-electron chi connectivity index (χ2n) is 6.37. The van der Waals surface area contributed by atoms with E-state index in [1.807, 2.05) is 41.9 Å². The first-order chi connectivity index (χ1) is 12.6. The zero-order valence-corrected chi connectivity index (χ0v) is 15.5. The highest BCUT2D eigenvalue weighted by molar-refractivity contribution is 7.99. The zero-order valence-electron chi connectivity index (χ0n) is 14.7. The first kappa shape index (κ1) is 16.8. The summed E-state index contributed by atoms with van der Waals surface area (Å²) in [5.41, 5.74) is 4.04. The number of ketones is 1.